The minimum atomic E-state index is -4.58. The number of carboxylic acid groups (broad SMARTS) is 1. The van der Waals surface area contributed by atoms with E-state index in [1.807, 2.05) is 0 Å². The average molecular weight is 474 g/mol. The molecule has 0 radical (unpaired) electrons. The topological polar surface area (TPSA) is 74.7 Å². The first-order valence-electron chi connectivity index (χ1n) is 11.0. The maximum atomic E-state index is 13.8. The number of carbonyl (C=O) groups excluding carboxylic acids is 2. The van der Waals surface area contributed by atoms with Crippen LogP contribution >= 0.6 is 11.6 Å². The van der Waals surface area contributed by atoms with Crippen molar-refractivity contribution in [3.63, 3.8) is 0 Å². The van der Waals surface area contributed by atoms with Gasteiger partial charge in [0.25, 0.3) is 0 Å². The zero-order chi connectivity index (χ0) is 23.5. The van der Waals surface area contributed by atoms with E-state index in [9.17, 15) is 32.7 Å². The van der Waals surface area contributed by atoms with Gasteiger partial charge in [0, 0.05) is 11.4 Å². The first-order chi connectivity index (χ1) is 15.1. The molecule has 32 heavy (non-hydrogen) atoms. The predicted molar refractivity (Wildman–Crippen MR) is 112 cm³/mol. The number of β-lactam (4-membered cyclic amide) rings is 1. The zero-order valence-corrected chi connectivity index (χ0v) is 18.4. The third kappa shape index (κ3) is 5.63. The Bertz CT molecular complexity index is 852. The van der Waals surface area contributed by atoms with Crippen molar-refractivity contribution in [2.24, 2.45) is 17.8 Å². The van der Waals surface area contributed by atoms with Crippen LogP contribution in [-0.2, 0) is 20.8 Å². The summed E-state index contributed by atoms with van der Waals surface area (Å²) < 4.78 is 41.3. The Morgan fingerprint density at radius 3 is 2.38 bits per heavy atom. The van der Waals surface area contributed by atoms with Gasteiger partial charge in [-0.15, -0.1) is 0 Å². The third-order valence-corrected chi connectivity index (χ3v) is 6.89. The van der Waals surface area contributed by atoms with Crippen LogP contribution in [0.1, 0.15) is 56.9 Å². The second-order valence-electron chi connectivity index (χ2n) is 8.76. The lowest BCUT2D eigenvalue weighted by molar-refractivity contribution is -0.199. The van der Waals surface area contributed by atoms with Crippen molar-refractivity contribution in [1.82, 2.24) is 4.90 Å². The molecule has 2 amide bonds. The molecule has 0 bridgehead atoms. The van der Waals surface area contributed by atoms with Crippen LogP contribution in [0, 0.1) is 17.8 Å². The van der Waals surface area contributed by atoms with E-state index in [-0.39, 0.29) is 6.42 Å². The number of carbonyl (C=O) groups is 3. The highest BCUT2D eigenvalue weighted by atomic mass is 35.5. The van der Waals surface area contributed by atoms with Crippen molar-refractivity contribution in [3.8, 4) is 0 Å². The van der Waals surface area contributed by atoms with Gasteiger partial charge < -0.3 is 5.11 Å². The van der Waals surface area contributed by atoms with Crippen molar-refractivity contribution in [3.05, 3.63) is 34.9 Å². The van der Waals surface area contributed by atoms with Gasteiger partial charge in [-0.2, -0.15) is 13.2 Å². The van der Waals surface area contributed by atoms with E-state index in [1.54, 1.807) is 24.3 Å². The first kappa shape index (κ1) is 24.6. The van der Waals surface area contributed by atoms with E-state index in [0.29, 0.717) is 42.0 Å². The molecule has 1 aromatic carbocycles. The summed E-state index contributed by atoms with van der Waals surface area (Å²) in [6, 6.07) is 5.47. The number of benzene rings is 1. The SMILES string of the molecule is O=C(O)[C@@H]1[C@@H](CCc2cccc(Cl)c2)C(=O)N1C(=O)C[C@@H](C1CCCCCC1)C(F)(F)F. The largest absolute Gasteiger partial charge is 0.480 e. The number of nitrogens with zero attached hydrogens (tertiary/aromatic N) is 1. The molecule has 5 nitrogen and oxygen atoms in total. The van der Waals surface area contributed by atoms with Gasteiger partial charge in [-0.1, -0.05) is 49.4 Å². The van der Waals surface area contributed by atoms with E-state index in [1.165, 1.54) is 0 Å². The smallest absolute Gasteiger partial charge is 0.392 e. The average Bonchev–Trinajstić information content (AvgIpc) is 2.98. The minimum absolute atomic E-state index is 0.172. The molecule has 1 aromatic rings. The Morgan fingerprint density at radius 2 is 1.81 bits per heavy atom. The van der Waals surface area contributed by atoms with Crippen molar-refractivity contribution in [2.45, 2.75) is 70.0 Å². The van der Waals surface area contributed by atoms with Crippen LogP contribution in [0.25, 0.3) is 0 Å². The van der Waals surface area contributed by atoms with Gasteiger partial charge in [0.15, 0.2) is 0 Å². The molecule has 0 spiro atoms. The maximum Gasteiger partial charge on any atom is 0.392 e. The molecule has 2 aliphatic rings. The summed E-state index contributed by atoms with van der Waals surface area (Å²) in [6.45, 7) is 0. The maximum absolute atomic E-state index is 13.8. The van der Waals surface area contributed by atoms with Gasteiger partial charge in [-0.3, -0.25) is 14.5 Å². The highest BCUT2D eigenvalue weighted by Gasteiger charge is 2.55. The number of amides is 2. The standard InChI is InChI=1S/C23H27ClF3NO4/c24-16-9-5-6-14(12-16)10-11-17-20(22(31)32)28(21(17)30)19(29)13-18(23(25,26)27)15-7-3-1-2-4-8-15/h5-6,9,12,15,17-18,20H,1-4,7-8,10-11,13H2,(H,31,32)/t17-,18+,20+/m1/s1. The Hall–Kier alpha value is -2.09. The van der Waals surface area contributed by atoms with E-state index in [4.69, 9.17) is 11.6 Å². The molecule has 0 unspecified atom stereocenters. The van der Waals surface area contributed by atoms with E-state index in [2.05, 4.69) is 0 Å². The lowest BCUT2D eigenvalue weighted by Crippen LogP contribution is -2.66. The zero-order valence-electron chi connectivity index (χ0n) is 17.6. The summed E-state index contributed by atoms with van der Waals surface area (Å²) >= 11 is 5.93. The highest BCUT2D eigenvalue weighted by Crippen LogP contribution is 2.42. The van der Waals surface area contributed by atoms with Gasteiger partial charge in [0.05, 0.1) is 11.8 Å². The second kappa shape index (κ2) is 10.2. The second-order valence-corrected chi connectivity index (χ2v) is 9.20. The first-order valence-corrected chi connectivity index (χ1v) is 11.4. The van der Waals surface area contributed by atoms with Gasteiger partial charge in [-0.25, -0.2) is 4.79 Å². The lowest BCUT2D eigenvalue weighted by Gasteiger charge is -2.44. The fourth-order valence-corrected chi connectivity index (χ4v) is 5.17. The van der Waals surface area contributed by atoms with Crippen LogP contribution in [0.3, 0.4) is 0 Å². The molecule has 1 N–H and O–H groups in total. The molecular formula is C23H27ClF3NO4. The number of hydrogen-bond donors (Lipinski definition) is 1. The van der Waals surface area contributed by atoms with Crippen LogP contribution in [0.15, 0.2) is 24.3 Å². The summed E-state index contributed by atoms with van der Waals surface area (Å²) in [6.07, 6.45) is -1.06. The van der Waals surface area contributed by atoms with Gasteiger partial charge in [-0.05, 0) is 49.3 Å². The minimum Gasteiger partial charge on any atom is -0.480 e. The number of aryl methyl sites for hydroxylation is 1. The van der Waals surface area contributed by atoms with E-state index < -0.39 is 54.2 Å². The fraction of sp³-hybridized carbons (Fsp3) is 0.609. The molecule has 3 atom stereocenters. The lowest BCUT2D eigenvalue weighted by atomic mass is 9.79. The van der Waals surface area contributed by atoms with Crippen LogP contribution in [0.5, 0.6) is 0 Å². The summed E-state index contributed by atoms with van der Waals surface area (Å²) in [5.74, 6) is -6.63. The Balaban J connectivity index is 1.69. The van der Waals surface area contributed by atoms with Crippen molar-refractivity contribution >= 4 is 29.4 Å². The molecule has 1 saturated carbocycles. The molecule has 0 aromatic heterocycles. The molecule has 1 heterocycles. The van der Waals surface area contributed by atoms with Crippen LogP contribution < -0.4 is 0 Å². The van der Waals surface area contributed by atoms with Crippen molar-refractivity contribution in [2.75, 3.05) is 0 Å². The van der Waals surface area contributed by atoms with E-state index >= 15 is 0 Å². The molecular weight excluding hydrogens is 447 g/mol. The van der Waals surface area contributed by atoms with E-state index in [0.717, 1.165) is 18.4 Å². The number of likely N-dealkylation sites (tertiary alicyclic amines) is 1. The summed E-state index contributed by atoms with van der Waals surface area (Å²) in [4.78, 5) is 37.6. The normalized spacial score (nSPS) is 23.4. The van der Waals surface area contributed by atoms with Crippen LogP contribution in [-0.4, -0.2) is 40.0 Å². The number of alkyl halides is 3. The predicted octanol–water partition coefficient (Wildman–Crippen LogP) is 5.25. The number of rotatable bonds is 7. The number of hydrogen-bond acceptors (Lipinski definition) is 3. The van der Waals surface area contributed by atoms with Gasteiger partial charge in [0.1, 0.15) is 6.04 Å². The van der Waals surface area contributed by atoms with Gasteiger partial charge >= 0.3 is 12.1 Å². The molecule has 176 valence electrons. The molecule has 3 rings (SSSR count). The number of imide groups is 1. The summed E-state index contributed by atoms with van der Waals surface area (Å²) in [7, 11) is 0. The van der Waals surface area contributed by atoms with Gasteiger partial charge in [0.2, 0.25) is 11.8 Å². The Kier molecular flexibility index (Phi) is 7.85. The highest BCUT2D eigenvalue weighted by molar-refractivity contribution is 6.30. The fourth-order valence-electron chi connectivity index (χ4n) is 4.95. The molecule has 2 fully saturated rings. The summed E-state index contributed by atoms with van der Waals surface area (Å²) in [5.41, 5.74) is 0.810. The number of carboxylic acids is 1. The molecule has 1 aliphatic carbocycles. The van der Waals surface area contributed by atoms with Crippen LogP contribution in [0.4, 0.5) is 13.2 Å². The molecule has 1 aliphatic heterocycles. The number of aliphatic carboxylic acids is 1. The molecule has 1 saturated heterocycles. The third-order valence-electron chi connectivity index (χ3n) is 6.65. The Morgan fingerprint density at radius 1 is 1.16 bits per heavy atom. The number of halogens is 4. The van der Waals surface area contributed by atoms with Crippen molar-refractivity contribution in [1.29, 1.82) is 0 Å². The Labute approximate surface area is 189 Å². The quantitative estimate of drug-likeness (QED) is 0.433. The van der Waals surface area contributed by atoms with Crippen molar-refractivity contribution < 1.29 is 32.7 Å². The van der Waals surface area contributed by atoms with Crippen LogP contribution in [0.2, 0.25) is 5.02 Å². The molecule has 9 heteroatoms. The monoisotopic (exact) mass is 473 g/mol. The summed E-state index contributed by atoms with van der Waals surface area (Å²) in [5, 5.41) is 10.1.